The van der Waals surface area contributed by atoms with Crippen LogP contribution in [0.4, 0.5) is 11.4 Å². The number of ether oxygens (including phenoxy) is 2. The molecule has 1 N–H and O–H groups in total. The minimum atomic E-state index is -0.633. The molecular weight excluding hydrogens is 416 g/mol. The Kier molecular flexibility index (Phi) is 4.25. The van der Waals surface area contributed by atoms with Gasteiger partial charge in [0.1, 0.15) is 11.5 Å². The molecule has 7 nitrogen and oxygen atoms in total. The van der Waals surface area contributed by atoms with Crippen LogP contribution >= 0.6 is 15.9 Å². The fourth-order valence-corrected chi connectivity index (χ4v) is 2.95. The highest BCUT2D eigenvalue weighted by atomic mass is 79.9. The van der Waals surface area contributed by atoms with Crippen LogP contribution in [0, 0.1) is 10.1 Å². The van der Waals surface area contributed by atoms with Gasteiger partial charge in [0.25, 0.3) is 11.6 Å². The lowest BCUT2D eigenvalue weighted by atomic mass is 10.1. The van der Waals surface area contributed by atoms with Gasteiger partial charge in [-0.05, 0) is 36.4 Å². The first-order valence-electron chi connectivity index (χ1n) is 7.85. The fourth-order valence-electron chi connectivity index (χ4n) is 2.69. The van der Waals surface area contributed by atoms with Gasteiger partial charge in [0.15, 0.2) is 17.1 Å². The fraction of sp³-hybridized carbons (Fsp3) is 0. The normalized spacial score (nSPS) is 12.1. The monoisotopic (exact) mass is 426 g/mol. The smallest absolute Gasteiger partial charge is 0.289 e. The summed E-state index contributed by atoms with van der Waals surface area (Å²) >= 11 is 3.33. The maximum absolute atomic E-state index is 12.6. The van der Waals surface area contributed by atoms with E-state index in [-0.39, 0.29) is 17.1 Å². The summed E-state index contributed by atoms with van der Waals surface area (Å²) in [5.74, 6) is 0.510. The van der Waals surface area contributed by atoms with Crippen LogP contribution in [0.1, 0.15) is 10.4 Å². The van der Waals surface area contributed by atoms with Crippen molar-refractivity contribution in [1.82, 2.24) is 0 Å². The molecule has 3 aromatic rings. The Balaban J connectivity index is 1.82. The number of rotatable bonds is 3. The molecule has 1 amide bonds. The Labute approximate surface area is 161 Å². The SMILES string of the molecule is O=C1Nc2ccccc2Oc2cc(Oc3ccc(Br)cc3)cc([N+](=O)[O-])c21. The first kappa shape index (κ1) is 17.0. The number of para-hydroxylation sites is 2. The number of nitro groups is 1. The van der Waals surface area contributed by atoms with E-state index in [0.717, 1.165) is 4.47 Å². The van der Waals surface area contributed by atoms with E-state index in [1.54, 1.807) is 48.5 Å². The lowest BCUT2D eigenvalue weighted by molar-refractivity contribution is -0.385. The molecule has 0 atom stereocenters. The van der Waals surface area contributed by atoms with Gasteiger partial charge in [-0.2, -0.15) is 0 Å². The highest BCUT2D eigenvalue weighted by molar-refractivity contribution is 9.10. The van der Waals surface area contributed by atoms with Crippen LogP contribution in [-0.2, 0) is 0 Å². The number of nitro benzene ring substituents is 1. The number of halogens is 1. The van der Waals surface area contributed by atoms with Gasteiger partial charge < -0.3 is 14.8 Å². The van der Waals surface area contributed by atoms with Gasteiger partial charge in [0, 0.05) is 10.5 Å². The van der Waals surface area contributed by atoms with Gasteiger partial charge in [0.2, 0.25) is 0 Å². The number of nitrogens with zero attached hydrogens (tertiary/aromatic N) is 1. The second kappa shape index (κ2) is 6.73. The Morgan fingerprint density at radius 2 is 1.74 bits per heavy atom. The minimum Gasteiger partial charge on any atom is -0.457 e. The minimum absolute atomic E-state index is 0.0544. The average molecular weight is 427 g/mol. The van der Waals surface area contributed by atoms with Crippen LogP contribution in [0.2, 0.25) is 0 Å². The summed E-state index contributed by atoms with van der Waals surface area (Å²) in [7, 11) is 0. The Morgan fingerprint density at radius 1 is 1.00 bits per heavy atom. The topological polar surface area (TPSA) is 90.7 Å². The molecule has 0 aromatic heterocycles. The number of hydrogen-bond donors (Lipinski definition) is 1. The predicted octanol–water partition coefficient (Wildman–Crippen LogP) is 5.51. The second-order valence-corrected chi connectivity index (χ2v) is 6.60. The highest BCUT2D eigenvalue weighted by Crippen LogP contribution is 2.42. The van der Waals surface area contributed by atoms with Gasteiger partial charge >= 0.3 is 0 Å². The quantitative estimate of drug-likeness (QED) is 0.440. The summed E-state index contributed by atoms with van der Waals surface area (Å²) in [5, 5.41) is 14.2. The van der Waals surface area contributed by atoms with Gasteiger partial charge in [-0.3, -0.25) is 14.9 Å². The number of anilines is 1. The largest absolute Gasteiger partial charge is 0.457 e. The predicted molar refractivity (Wildman–Crippen MR) is 102 cm³/mol. The molecule has 134 valence electrons. The van der Waals surface area contributed by atoms with Crippen LogP contribution in [0.5, 0.6) is 23.0 Å². The molecule has 3 aromatic carbocycles. The third-order valence-electron chi connectivity index (χ3n) is 3.88. The van der Waals surface area contributed by atoms with Crippen LogP contribution < -0.4 is 14.8 Å². The lowest BCUT2D eigenvalue weighted by Crippen LogP contribution is -2.12. The molecule has 0 spiro atoms. The van der Waals surface area contributed by atoms with E-state index in [2.05, 4.69) is 21.2 Å². The van der Waals surface area contributed by atoms with Gasteiger partial charge in [0.05, 0.1) is 16.7 Å². The third kappa shape index (κ3) is 3.34. The molecule has 1 aliphatic heterocycles. The highest BCUT2D eigenvalue weighted by Gasteiger charge is 2.31. The molecule has 0 unspecified atom stereocenters. The summed E-state index contributed by atoms with van der Waals surface area (Å²) < 4.78 is 12.4. The van der Waals surface area contributed by atoms with Crippen molar-refractivity contribution < 1.29 is 19.2 Å². The lowest BCUT2D eigenvalue weighted by Gasteiger charge is -2.11. The molecule has 0 radical (unpaired) electrons. The van der Waals surface area contributed by atoms with Crippen molar-refractivity contribution in [3.63, 3.8) is 0 Å². The van der Waals surface area contributed by atoms with E-state index in [1.807, 2.05) is 0 Å². The van der Waals surface area contributed by atoms with Crippen LogP contribution in [0.25, 0.3) is 0 Å². The Morgan fingerprint density at radius 3 is 2.48 bits per heavy atom. The Bertz CT molecular complexity index is 1070. The van der Waals surface area contributed by atoms with Crippen LogP contribution in [-0.4, -0.2) is 10.8 Å². The summed E-state index contributed by atoms with van der Waals surface area (Å²) in [4.78, 5) is 23.5. The molecule has 1 aliphatic rings. The summed E-state index contributed by atoms with van der Waals surface area (Å²) in [5.41, 5.74) is -0.118. The number of amides is 1. The molecule has 0 bridgehead atoms. The Hall–Kier alpha value is -3.39. The number of nitrogens with one attached hydrogen (secondary N) is 1. The first-order chi connectivity index (χ1) is 13.0. The van der Waals surface area contributed by atoms with Gasteiger partial charge in [-0.15, -0.1) is 0 Å². The third-order valence-corrected chi connectivity index (χ3v) is 4.41. The van der Waals surface area contributed by atoms with Gasteiger partial charge in [-0.1, -0.05) is 28.1 Å². The zero-order valence-corrected chi connectivity index (χ0v) is 15.2. The maximum Gasteiger partial charge on any atom is 0.289 e. The average Bonchev–Trinajstić information content (AvgIpc) is 2.78. The van der Waals surface area contributed by atoms with E-state index in [9.17, 15) is 14.9 Å². The molecule has 8 heteroatoms. The first-order valence-corrected chi connectivity index (χ1v) is 8.64. The summed E-state index contributed by atoms with van der Waals surface area (Å²) in [6, 6.07) is 16.5. The molecule has 1 heterocycles. The molecule has 0 fully saturated rings. The zero-order chi connectivity index (χ0) is 19.0. The van der Waals surface area contributed by atoms with Crippen LogP contribution in [0.3, 0.4) is 0 Å². The van der Waals surface area contributed by atoms with Crippen molar-refractivity contribution in [2.75, 3.05) is 5.32 Å². The maximum atomic E-state index is 12.6. The number of carbonyl (C=O) groups excluding carboxylic acids is 1. The molecule has 0 saturated heterocycles. The zero-order valence-electron chi connectivity index (χ0n) is 13.6. The summed E-state index contributed by atoms with van der Waals surface area (Å²) in [6.45, 7) is 0. The number of carbonyl (C=O) groups is 1. The van der Waals surface area contributed by atoms with Gasteiger partial charge in [-0.25, -0.2) is 0 Å². The molecule has 27 heavy (non-hydrogen) atoms. The summed E-state index contributed by atoms with van der Waals surface area (Å²) in [6.07, 6.45) is 0. The molecule has 4 rings (SSSR count). The van der Waals surface area contributed by atoms with Crippen molar-refractivity contribution in [2.45, 2.75) is 0 Å². The van der Waals surface area contributed by atoms with Crippen molar-refractivity contribution >= 4 is 33.2 Å². The standard InChI is InChI=1S/C19H11BrN2O5/c20-11-5-7-12(8-6-11)26-13-9-15(22(24)25)18-17(10-13)27-16-4-2-1-3-14(16)21-19(18)23/h1-10H,(H,21,23). The van der Waals surface area contributed by atoms with Crippen molar-refractivity contribution in [3.05, 3.63) is 80.8 Å². The van der Waals surface area contributed by atoms with Crippen molar-refractivity contribution in [2.24, 2.45) is 0 Å². The molecular formula is C19H11BrN2O5. The number of fused-ring (bicyclic) bond motifs is 2. The van der Waals surface area contributed by atoms with Crippen molar-refractivity contribution in [1.29, 1.82) is 0 Å². The van der Waals surface area contributed by atoms with E-state index in [4.69, 9.17) is 9.47 Å². The van der Waals surface area contributed by atoms with E-state index < -0.39 is 16.5 Å². The second-order valence-electron chi connectivity index (χ2n) is 5.68. The van der Waals surface area contributed by atoms with E-state index >= 15 is 0 Å². The van der Waals surface area contributed by atoms with E-state index in [0.29, 0.717) is 17.2 Å². The molecule has 0 saturated carbocycles. The number of benzene rings is 3. The van der Waals surface area contributed by atoms with Crippen LogP contribution in [0.15, 0.2) is 65.1 Å². The van der Waals surface area contributed by atoms with Crippen molar-refractivity contribution in [3.8, 4) is 23.0 Å². The molecule has 0 aliphatic carbocycles. The number of hydrogen-bond acceptors (Lipinski definition) is 5. The van der Waals surface area contributed by atoms with E-state index in [1.165, 1.54) is 12.1 Å².